The first kappa shape index (κ1) is 19.6. The highest BCUT2D eigenvalue weighted by atomic mass is 32.1. The maximum atomic E-state index is 5.72. The van der Waals surface area contributed by atoms with E-state index in [0.29, 0.717) is 0 Å². The van der Waals surface area contributed by atoms with Crippen LogP contribution in [0.4, 0.5) is 0 Å². The molecule has 0 amide bonds. The summed E-state index contributed by atoms with van der Waals surface area (Å²) in [5.74, 6) is 0. The number of aromatic nitrogens is 3. The van der Waals surface area contributed by atoms with Crippen LogP contribution in [0.2, 0.25) is 0 Å². The molecular weight excluding hydrogens is 378 g/mol. The number of hydrogen-bond acceptors (Lipinski definition) is 3. The van der Waals surface area contributed by atoms with Crippen LogP contribution in [-0.2, 0) is 6.54 Å². The lowest BCUT2D eigenvalue weighted by atomic mass is 9.96. The first-order chi connectivity index (χ1) is 14.1. The van der Waals surface area contributed by atoms with Gasteiger partial charge in [-0.3, -0.25) is 9.97 Å². The lowest BCUT2D eigenvalue weighted by molar-refractivity contribution is 0.316. The molecule has 5 nitrogen and oxygen atoms in total. The van der Waals surface area contributed by atoms with E-state index in [9.17, 15) is 0 Å². The van der Waals surface area contributed by atoms with Gasteiger partial charge in [0.1, 0.15) is 0 Å². The molecule has 6 heteroatoms. The van der Waals surface area contributed by atoms with Crippen molar-refractivity contribution in [3.05, 3.63) is 83.2 Å². The molecule has 0 bridgehead atoms. The summed E-state index contributed by atoms with van der Waals surface area (Å²) in [6, 6.07) is 12.7. The van der Waals surface area contributed by atoms with Gasteiger partial charge in [0, 0.05) is 43.1 Å². The van der Waals surface area contributed by atoms with E-state index >= 15 is 0 Å². The van der Waals surface area contributed by atoms with Gasteiger partial charge in [0.2, 0.25) is 0 Å². The fraction of sp³-hybridized carbons (Fsp3) is 0.348. The number of hydrogen-bond donors (Lipinski definition) is 1. The van der Waals surface area contributed by atoms with Crippen LogP contribution in [0.15, 0.2) is 55.0 Å². The third-order valence-electron chi connectivity index (χ3n) is 5.66. The summed E-state index contributed by atoms with van der Waals surface area (Å²) in [7, 11) is 0. The van der Waals surface area contributed by atoms with Gasteiger partial charge in [0.05, 0.1) is 17.8 Å². The van der Waals surface area contributed by atoms with Crippen molar-refractivity contribution in [2.45, 2.75) is 45.8 Å². The van der Waals surface area contributed by atoms with E-state index in [2.05, 4.69) is 63.7 Å². The van der Waals surface area contributed by atoms with Crippen LogP contribution < -0.4 is 5.32 Å². The summed E-state index contributed by atoms with van der Waals surface area (Å²) in [5.41, 5.74) is 6.05. The van der Waals surface area contributed by atoms with Gasteiger partial charge in [0.25, 0.3) is 0 Å². The lowest BCUT2D eigenvalue weighted by Crippen LogP contribution is -2.30. The zero-order valence-corrected chi connectivity index (χ0v) is 18.0. The van der Waals surface area contributed by atoms with E-state index < -0.39 is 0 Å². The highest BCUT2D eigenvalue weighted by Crippen LogP contribution is 2.40. The quantitative estimate of drug-likeness (QED) is 0.619. The molecule has 4 rings (SSSR count). The van der Waals surface area contributed by atoms with Gasteiger partial charge in [-0.1, -0.05) is 19.1 Å². The zero-order chi connectivity index (χ0) is 20.4. The normalized spacial score (nSPS) is 18.9. The van der Waals surface area contributed by atoms with Crippen LogP contribution in [0.3, 0.4) is 0 Å². The van der Waals surface area contributed by atoms with Gasteiger partial charge in [0.15, 0.2) is 5.11 Å². The molecule has 3 aromatic heterocycles. The Balaban J connectivity index is 1.75. The molecule has 1 N–H and O–H groups in total. The molecule has 0 aromatic carbocycles. The molecule has 0 radical (unpaired) electrons. The fourth-order valence-corrected chi connectivity index (χ4v) is 4.60. The molecule has 1 aliphatic heterocycles. The predicted molar refractivity (Wildman–Crippen MR) is 120 cm³/mol. The fourth-order valence-electron chi connectivity index (χ4n) is 4.27. The second kappa shape index (κ2) is 8.33. The van der Waals surface area contributed by atoms with Crippen LogP contribution in [0.5, 0.6) is 0 Å². The monoisotopic (exact) mass is 405 g/mol. The minimum Gasteiger partial charge on any atom is -0.352 e. The van der Waals surface area contributed by atoms with E-state index in [-0.39, 0.29) is 12.1 Å². The SMILES string of the molecule is CCCN1C(=S)N[C@H](c2ccccn2)[C@H]1c1cc(C)n(Cc2cccnc2)c1C. The number of rotatable bonds is 6. The molecule has 4 heterocycles. The lowest BCUT2D eigenvalue weighted by Gasteiger charge is -2.27. The van der Waals surface area contributed by atoms with Crippen molar-refractivity contribution < 1.29 is 0 Å². The topological polar surface area (TPSA) is 46.0 Å². The Bertz CT molecular complexity index is 983. The minimum absolute atomic E-state index is 0.0441. The van der Waals surface area contributed by atoms with E-state index in [1.807, 2.05) is 36.8 Å². The van der Waals surface area contributed by atoms with Gasteiger partial charge >= 0.3 is 0 Å². The molecule has 2 atom stereocenters. The average molecular weight is 406 g/mol. The number of nitrogens with zero attached hydrogens (tertiary/aromatic N) is 4. The second-order valence-electron chi connectivity index (χ2n) is 7.59. The molecule has 150 valence electrons. The number of aryl methyl sites for hydroxylation is 1. The van der Waals surface area contributed by atoms with Crippen molar-refractivity contribution in [2.75, 3.05) is 6.54 Å². The van der Waals surface area contributed by atoms with Gasteiger partial charge in [-0.15, -0.1) is 0 Å². The average Bonchev–Trinajstić information content (AvgIpc) is 3.21. The Hall–Kier alpha value is -2.73. The van der Waals surface area contributed by atoms with Crippen LogP contribution >= 0.6 is 12.2 Å². The number of thiocarbonyl (C=S) groups is 1. The van der Waals surface area contributed by atoms with Crippen LogP contribution in [-0.4, -0.2) is 31.1 Å². The van der Waals surface area contributed by atoms with Crippen molar-refractivity contribution in [3.8, 4) is 0 Å². The molecule has 1 saturated heterocycles. The third kappa shape index (κ3) is 3.77. The molecule has 0 spiro atoms. The highest BCUT2D eigenvalue weighted by Gasteiger charge is 2.40. The van der Waals surface area contributed by atoms with Gasteiger partial charge in [-0.2, -0.15) is 0 Å². The Morgan fingerprint density at radius 1 is 1.14 bits per heavy atom. The van der Waals surface area contributed by atoms with E-state index in [1.165, 1.54) is 22.5 Å². The first-order valence-electron chi connectivity index (χ1n) is 10.1. The summed E-state index contributed by atoms with van der Waals surface area (Å²) in [4.78, 5) is 11.2. The highest BCUT2D eigenvalue weighted by molar-refractivity contribution is 7.80. The molecule has 1 fully saturated rings. The van der Waals surface area contributed by atoms with E-state index in [0.717, 1.165) is 30.3 Å². The summed E-state index contributed by atoms with van der Waals surface area (Å²) in [5, 5.41) is 4.34. The van der Waals surface area contributed by atoms with Crippen LogP contribution in [0.1, 0.15) is 53.6 Å². The molecule has 0 aliphatic carbocycles. The largest absolute Gasteiger partial charge is 0.352 e. The minimum atomic E-state index is 0.0441. The van der Waals surface area contributed by atoms with Crippen molar-refractivity contribution in [1.82, 2.24) is 24.8 Å². The summed E-state index contributed by atoms with van der Waals surface area (Å²) in [6.07, 6.45) is 6.65. The molecule has 0 saturated carbocycles. The Morgan fingerprint density at radius 2 is 2.00 bits per heavy atom. The van der Waals surface area contributed by atoms with Gasteiger partial charge in [-0.25, -0.2) is 0 Å². The maximum absolute atomic E-state index is 5.72. The van der Waals surface area contributed by atoms with Crippen molar-refractivity contribution >= 4 is 17.3 Å². The maximum Gasteiger partial charge on any atom is 0.170 e. The third-order valence-corrected chi connectivity index (χ3v) is 6.01. The molecule has 29 heavy (non-hydrogen) atoms. The predicted octanol–water partition coefficient (Wildman–Crippen LogP) is 4.33. The molecular formula is C23H27N5S. The first-order valence-corrected chi connectivity index (χ1v) is 10.5. The standard InChI is InChI=1S/C23H27N5S/c1-4-12-27-22(21(26-23(27)29)20-9-5-6-11-25-20)19-13-16(2)28(17(19)3)15-18-8-7-10-24-14-18/h5-11,13-14,21-22H,4,12,15H2,1-3H3,(H,26,29)/t21-,22-/m1/s1. The second-order valence-corrected chi connectivity index (χ2v) is 7.98. The van der Waals surface area contributed by atoms with Gasteiger partial charge in [-0.05, 0) is 67.9 Å². The molecule has 0 unspecified atom stereocenters. The smallest absolute Gasteiger partial charge is 0.170 e. The van der Waals surface area contributed by atoms with E-state index in [1.54, 1.807) is 0 Å². The van der Waals surface area contributed by atoms with Crippen LogP contribution in [0, 0.1) is 13.8 Å². The number of pyridine rings is 2. The van der Waals surface area contributed by atoms with Crippen molar-refractivity contribution in [3.63, 3.8) is 0 Å². The zero-order valence-electron chi connectivity index (χ0n) is 17.2. The van der Waals surface area contributed by atoms with Crippen LogP contribution in [0.25, 0.3) is 0 Å². The summed E-state index contributed by atoms with van der Waals surface area (Å²) >= 11 is 5.72. The molecule has 1 aliphatic rings. The van der Waals surface area contributed by atoms with Gasteiger partial charge < -0.3 is 14.8 Å². The Kier molecular flexibility index (Phi) is 5.62. The molecule has 3 aromatic rings. The van der Waals surface area contributed by atoms with Crippen molar-refractivity contribution in [2.24, 2.45) is 0 Å². The summed E-state index contributed by atoms with van der Waals surface area (Å²) < 4.78 is 2.37. The van der Waals surface area contributed by atoms with E-state index in [4.69, 9.17) is 12.2 Å². The summed E-state index contributed by atoms with van der Waals surface area (Å²) in [6.45, 7) is 8.32. The Labute approximate surface area is 177 Å². The Morgan fingerprint density at radius 3 is 2.69 bits per heavy atom. The number of nitrogens with one attached hydrogen (secondary N) is 1. The van der Waals surface area contributed by atoms with Crippen molar-refractivity contribution in [1.29, 1.82) is 0 Å².